The lowest BCUT2D eigenvalue weighted by Crippen LogP contribution is -2.13. The number of hydrogen-bond donors (Lipinski definition) is 0. The zero-order valence-corrected chi connectivity index (χ0v) is 10.2. The van der Waals surface area contributed by atoms with Crippen molar-refractivity contribution in [2.24, 2.45) is 0 Å². The Balaban J connectivity index is 2.53. The van der Waals surface area contributed by atoms with E-state index in [1.165, 1.54) is 0 Å². The molecule has 0 amide bonds. The fraction of sp³-hybridized carbons (Fsp3) is 0.500. The van der Waals surface area contributed by atoms with E-state index in [2.05, 4.69) is 22.1 Å². The van der Waals surface area contributed by atoms with E-state index in [9.17, 15) is 4.79 Å². The highest BCUT2D eigenvalue weighted by atomic mass is 16.1. The van der Waals surface area contributed by atoms with Crippen molar-refractivity contribution in [2.75, 3.05) is 0 Å². The number of imidazole rings is 1. The molecule has 0 unspecified atom stereocenters. The van der Waals surface area contributed by atoms with E-state index in [4.69, 9.17) is 0 Å². The lowest BCUT2D eigenvalue weighted by Gasteiger charge is -2.08. The summed E-state index contributed by atoms with van der Waals surface area (Å²) in [5.41, 5.74) is 1.42. The molecule has 0 N–H and O–H groups in total. The molecule has 0 aliphatic heterocycles. The van der Waals surface area contributed by atoms with Crippen LogP contribution in [0.3, 0.4) is 0 Å². The van der Waals surface area contributed by atoms with Crippen LogP contribution in [0.5, 0.6) is 0 Å². The number of aryl methyl sites for hydroxylation is 1. The Bertz CT molecular complexity index is 532. The van der Waals surface area contributed by atoms with Crippen LogP contribution in [0, 0.1) is 0 Å². The van der Waals surface area contributed by atoms with Gasteiger partial charge in [0.05, 0.1) is 5.69 Å². The second-order valence-corrected chi connectivity index (χ2v) is 4.02. The molecule has 0 atom stereocenters. The molecule has 2 aromatic rings. The number of nitrogens with zero attached hydrogens (tertiary/aromatic N) is 4. The zero-order valence-electron chi connectivity index (χ0n) is 10.2. The van der Waals surface area contributed by atoms with Gasteiger partial charge in [-0.05, 0) is 12.8 Å². The van der Waals surface area contributed by atoms with E-state index in [0.29, 0.717) is 17.9 Å². The van der Waals surface area contributed by atoms with Crippen LogP contribution in [0.2, 0.25) is 0 Å². The monoisotopic (exact) mass is 232 g/mol. The number of rotatable bonds is 5. The van der Waals surface area contributed by atoms with Gasteiger partial charge in [0, 0.05) is 18.8 Å². The first-order chi connectivity index (χ1) is 8.27. The maximum atomic E-state index is 12.0. The average Bonchev–Trinajstić information content (AvgIpc) is 2.78. The van der Waals surface area contributed by atoms with Crippen LogP contribution >= 0.6 is 0 Å². The van der Waals surface area contributed by atoms with E-state index in [0.717, 1.165) is 25.0 Å². The highest BCUT2D eigenvalue weighted by molar-refractivity contribution is 5.95. The zero-order chi connectivity index (χ0) is 12.3. The third-order valence-corrected chi connectivity index (χ3v) is 2.65. The van der Waals surface area contributed by atoms with Crippen LogP contribution < -0.4 is 0 Å². The molecule has 0 spiro atoms. The molecule has 0 saturated heterocycles. The Morgan fingerprint density at radius 2 is 2.12 bits per heavy atom. The van der Waals surface area contributed by atoms with E-state index in [-0.39, 0.29) is 5.78 Å². The molecule has 2 heterocycles. The summed E-state index contributed by atoms with van der Waals surface area (Å²) in [4.78, 5) is 16.1. The van der Waals surface area contributed by atoms with Crippen LogP contribution in [0.1, 0.15) is 49.3 Å². The molecule has 5 heteroatoms. The van der Waals surface area contributed by atoms with Crippen molar-refractivity contribution in [1.82, 2.24) is 19.6 Å². The molecule has 0 aliphatic rings. The Hall–Kier alpha value is -1.78. The SMILES string of the molecule is CCCC(=O)c1nnc2nccn2c1CCC. The van der Waals surface area contributed by atoms with Crippen molar-refractivity contribution in [3.63, 3.8) is 0 Å². The van der Waals surface area contributed by atoms with Gasteiger partial charge >= 0.3 is 0 Å². The van der Waals surface area contributed by atoms with Crippen LogP contribution in [-0.2, 0) is 6.42 Å². The summed E-state index contributed by atoms with van der Waals surface area (Å²) in [6.45, 7) is 4.07. The first-order valence-corrected chi connectivity index (χ1v) is 5.99. The minimum Gasteiger partial charge on any atom is -0.292 e. The minimum atomic E-state index is 0.0686. The molecule has 0 radical (unpaired) electrons. The Morgan fingerprint density at radius 1 is 1.29 bits per heavy atom. The summed E-state index contributed by atoms with van der Waals surface area (Å²) in [7, 11) is 0. The standard InChI is InChI=1S/C12H16N4O/c1-3-5-9-11(10(17)6-4-2)14-15-12-13-7-8-16(9)12/h7-8H,3-6H2,1-2H3. The number of hydrogen-bond acceptors (Lipinski definition) is 4. The van der Waals surface area contributed by atoms with Gasteiger partial charge in [0.1, 0.15) is 5.69 Å². The second kappa shape index (κ2) is 5.03. The second-order valence-electron chi connectivity index (χ2n) is 4.02. The lowest BCUT2D eigenvalue weighted by molar-refractivity contribution is 0.0974. The molecule has 2 aromatic heterocycles. The number of carbonyl (C=O) groups is 1. The number of aromatic nitrogens is 4. The summed E-state index contributed by atoms with van der Waals surface area (Å²) >= 11 is 0. The summed E-state index contributed by atoms with van der Waals surface area (Å²) in [6.07, 6.45) is 6.63. The molecule has 90 valence electrons. The molecule has 0 aliphatic carbocycles. The predicted octanol–water partition coefficient (Wildman–Crippen LogP) is 2.06. The average molecular weight is 232 g/mol. The largest absolute Gasteiger partial charge is 0.292 e. The maximum Gasteiger partial charge on any atom is 0.253 e. The van der Waals surface area contributed by atoms with E-state index in [1.807, 2.05) is 17.5 Å². The fourth-order valence-electron chi connectivity index (χ4n) is 1.88. The summed E-state index contributed by atoms with van der Waals surface area (Å²) in [5, 5.41) is 8.00. The quantitative estimate of drug-likeness (QED) is 0.740. The van der Waals surface area contributed by atoms with Gasteiger partial charge in [-0.15, -0.1) is 10.2 Å². The highest BCUT2D eigenvalue weighted by Crippen LogP contribution is 2.12. The number of Topliss-reactive ketones (excluding diaryl/α,β-unsaturated/α-hetero) is 1. The minimum absolute atomic E-state index is 0.0686. The van der Waals surface area contributed by atoms with E-state index < -0.39 is 0 Å². The molecule has 0 fully saturated rings. The van der Waals surface area contributed by atoms with Gasteiger partial charge in [-0.2, -0.15) is 0 Å². The van der Waals surface area contributed by atoms with Gasteiger partial charge in [-0.1, -0.05) is 20.3 Å². The Labute approximate surface area is 99.9 Å². The third-order valence-electron chi connectivity index (χ3n) is 2.65. The van der Waals surface area contributed by atoms with Crippen molar-refractivity contribution in [1.29, 1.82) is 0 Å². The fourth-order valence-corrected chi connectivity index (χ4v) is 1.88. The molecule has 2 rings (SSSR count). The Morgan fingerprint density at radius 3 is 2.82 bits per heavy atom. The number of carbonyl (C=O) groups excluding carboxylic acids is 1. The van der Waals surface area contributed by atoms with Gasteiger partial charge in [-0.3, -0.25) is 9.20 Å². The van der Waals surface area contributed by atoms with Crippen molar-refractivity contribution in [3.8, 4) is 0 Å². The van der Waals surface area contributed by atoms with Gasteiger partial charge in [0.15, 0.2) is 5.78 Å². The lowest BCUT2D eigenvalue weighted by atomic mass is 10.1. The van der Waals surface area contributed by atoms with Crippen LogP contribution in [0.15, 0.2) is 12.4 Å². The normalized spacial score (nSPS) is 10.9. The predicted molar refractivity (Wildman–Crippen MR) is 64.0 cm³/mol. The highest BCUT2D eigenvalue weighted by Gasteiger charge is 2.16. The van der Waals surface area contributed by atoms with Gasteiger partial charge in [-0.25, -0.2) is 4.98 Å². The topological polar surface area (TPSA) is 60.2 Å². The molecular formula is C12H16N4O. The van der Waals surface area contributed by atoms with E-state index in [1.54, 1.807) is 6.20 Å². The number of fused-ring (bicyclic) bond motifs is 1. The van der Waals surface area contributed by atoms with Crippen molar-refractivity contribution < 1.29 is 4.79 Å². The molecule has 5 nitrogen and oxygen atoms in total. The van der Waals surface area contributed by atoms with Crippen LogP contribution in [0.25, 0.3) is 5.78 Å². The number of ketones is 1. The summed E-state index contributed by atoms with van der Waals surface area (Å²) < 4.78 is 1.86. The molecular weight excluding hydrogens is 216 g/mol. The van der Waals surface area contributed by atoms with Crippen molar-refractivity contribution >= 4 is 11.6 Å². The van der Waals surface area contributed by atoms with E-state index >= 15 is 0 Å². The van der Waals surface area contributed by atoms with Crippen molar-refractivity contribution in [3.05, 3.63) is 23.8 Å². The van der Waals surface area contributed by atoms with Crippen LogP contribution in [-0.4, -0.2) is 25.4 Å². The maximum absolute atomic E-state index is 12.0. The molecule has 0 bridgehead atoms. The smallest absolute Gasteiger partial charge is 0.253 e. The molecule has 0 aromatic carbocycles. The van der Waals surface area contributed by atoms with Gasteiger partial charge in [0.2, 0.25) is 0 Å². The summed E-state index contributed by atoms with van der Waals surface area (Å²) in [6, 6.07) is 0. The summed E-state index contributed by atoms with van der Waals surface area (Å²) in [5.74, 6) is 0.626. The van der Waals surface area contributed by atoms with Crippen molar-refractivity contribution in [2.45, 2.75) is 39.5 Å². The van der Waals surface area contributed by atoms with Gasteiger partial charge < -0.3 is 0 Å². The molecule has 0 saturated carbocycles. The van der Waals surface area contributed by atoms with Gasteiger partial charge in [0.25, 0.3) is 5.78 Å². The first-order valence-electron chi connectivity index (χ1n) is 5.99. The molecule has 17 heavy (non-hydrogen) atoms. The van der Waals surface area contributed by atoms with Crippen LogP contribution in [0.4, 0.5) is 0 Å². The first kappa shape index (κ1) is 11.7. The third kappa shape index (κ3) is 2.18. The Kier molecular flexibility index (Phi) is 3.46.